The average Bonchev–Trinajstić information content (AvgIpc) is 3.41. The van der Waals surface area contributed by atoms with E-state index in [0.717, 1.165) is 31.8 Å². The number of aryl methyl sites for hydroxylation is 1. The molecule has 25 heavy (non-hydrogen) atoms. The van der Waals surface area contributed by atoms with Gasteiger partial charge < -0.3 is 10.5 Å². The van der Waals surface area contributed by atoms with Crippen LogP contribution in [-0.2, 0) is 16.6 Å². The van der Waals surface area contributed by atoms with Crippen molar-refractivity contribution in [3.05, 3.63) is 34.9 Å². The summed E-state index contributed by atoms with van der Waals surface area (Å²) >= 11 is 0. The molecule has 6 aliphatic rings. The van der Waals surface area contributed by atoms with E-state index in [1.54, 1.807) is 11.1 Å². The summed E-state index contributed by atoms with van der Waals surface area (Å²) in [5, 5.41) is 0. The zero-order chi connectivity index (χ0) is 16.9. The van der Waals surface area contributed by atoms with E-state index in [1.165, 1.54) is 44.3 Å². The molecule has 1 aromatic carbocycles. The van der Waals surface area contributed by atoms with E-state index in [-0.39, 0.29) is 16.6 Å². The maximum Gasteiger partial charge on any atom is 0.0938 e. The molecule has 1 spiro atoms. The second kappa shape index (κ2) is 4.68. The molecule has 3 heteroatoms. The third kappa shape index (κ3) is 1.87. The van der Waals surface area contributed by atoms with Crippen molar-refractivity contribution in [2.45, 2.75) is 74.5 Å². The van der Waals surface area contributed by atoms with Gasteiger partial charge in [-0.25, -0.2) is 0 Å². The van der Waals surface area contributed by atoms with E-state index < -0.39 is 0 Å². The normalized spacial score (nSPS) is 45.1. The maximum absolute atomic E-state index is 6.81. The second-order valence-corrected chi connectivity index (χ2v) is 9.87. The highest BCUT2D eigenvalue weighted by Crippen LogP contribution is 2.64. The van der Waals surface area contributed by atoms with Gasteiger partial charge in [-0.2, -0.15) is 0 Å². The summed E-state index contributed by atoms with van der Waals surface area (Å²) in [6, 6.07) is 7.73. The summed E-state index contributed by atoms with van der Waals surface area (Å²) in [6.45, 7) is 5.53. The Morgan fingerprint density at radius 1 is 1.24 bits per heavy atom. The van der Waals surface area contributed by atoms with Crippen LogP contribution in [0.15, 0.2) is 18.2 Å². The topological polar surface area (TPSA) is 38.5 Å². The van der Waals surface area contributed by atoms with Gasteiger partial charge in [0, 0.05) is 23.5 Å². The Bertz CT molecular complexity index is 732. The molecule has 3 heterocycles. The summed E-state index contributed by atoms with van der Waals surface area (Å²) in [5.41, 5.74) is 11.4. The lowest BCUT2D eigenvalue weighted by molar-refractivity contribution is -0.258. The van der Waals surface area contributed by atoms with Crippen LogP contribution in [0.25, 0.3) is 0 Å². The molecule has 2 saturated carbocycles. The van der Waals surface area contributed by atoms with Crippen molar-refractivity contribution in [2.75, 3.05) is 19.7 Å². The van der Waals surface area contributed by atoms with Crippen LogP contribution < -0.4 is 5.73 Å². The van der Waals surface area contributed by atoms with Crippen LogP contribution in [0.5, 0.6) is 0 Å². The van der Waals surface area contributed by atoms with E-state index in [9.17, 15) is 0 Å². The predicted molar refractivity (Wildman–Crippen MR) is 98.7 cm³/mol. The van der Waals surface area contributed by atoms with Gasteiger partial charge in [0.2, 0.25) is 0 Å². The Hall–Kier alpha value is -0.900. The van der Waals surface area contributed by atoms with Crippen LogP contribution in [-0.4, -0.2) is 41.8 Å². The highest BCUT2D eigenvalue weighted by molar-refractivity contribution is 5.48. The van der Waals surface area contributed by atoms with Crippen molar-refractivity contribution < 1.29 is 4.74 Å². The van der Waals surface area contributed by atoms with Crippen LogP contribution in [0.3, 0.4) is 0 Å². The molecule has 0 amide bonds. The van der Waals surface area contributed by atoms with E-state index in [1.807, 2.05) is 0 Å². The molecule has 0 radical (unpaired) electrons. The average molecular weight is 338 g/mol. The van der Waals surface area contributed by atoms with Gasteiger partial charge in [0.05, 0.1) is 12.2 Å². The lowest BCUT2D eigenvalue weighted by Gasteiger charge is -2.71. The molecule has 4 atom stereocenters. The Morgan fingerprint density at radius 3 is 2.88 bits per heavy atom. The molecule has 2 N–H and O–H groups in total. The molecule has 4 bridgehead atoms. The van der Waals surface area contributed by atoms with Crippen molar-refractivity contribution >= 4 is 0 Å². The van der Waals surface area contributed by atoms with Crippen molar-refractivity contribution in [1.29, 1.82) is 0 Å². The lowest BCUT2D eigenvalue weighted by Crippen LogP contribution is -2.80. The quantitative estimate of drug-likeness (QED) is 0.901. The number of likely N-dealkylation sites (tertiary alicyclic amines) is 1. The molecule has 3 aliphatic carbocycles. The highest BCUT2D eigenvalue weighted by atomic mass is 16.5. The lowest BCUT2D eigenvalue weighted by atomic mass is 9.45. The minimum atomic E-state index is -0.108. The second-order valence-electron chi connectivity index (χ2n) is 9.87. The van der Waals surface area contributed by atoms with E-state index in [2.05, 4.69) is 30.0 Å². The Labute approximate surface area is 150 Å². The first-order chi connectivity index (χ1) is 12.0. The molecular formula is C22H30N2O. The Balaban J connectivity index is 1.53. The van der Waals surface area contributed by atoms with Gasteiger partial charge in [0.15, 0.2) is 0 Å². The van der Waals surface area contributed by atoms with Gasteiger partial charge in [-0.05, 0) is 75.5 Å². The van der Waals surface area contributed by atoms with Gasteiger partial charge >= 0.3 is 0 Å². The minimum absolute atomic E-state index is 0.0159. The number of ether oxygens (including phenoxy) is 1. The number of benzene rings is 1. The van der Waals surface area contributed by atoms with Gasteiger partial charge in [-0.3, -0.25) is 4.90 Å². The van der Waals surface area contributed by atoms with Gasteiger partial charge in [-0.1, -0.05) is 23.8 Å². The number of rotatable bonds is 2. The molecule has 3 saturated heterocycles. The van der Waals surface area contributed by atoms with E-state index >= 15 is 0 Å². The molecule has 1 aromatic rings. The van der Waals surface area contributed by atoms with Crippen LogP contribution in [0.1, 0.15) is 55.2 Å². The molecule has 0 unspecified atom stereocenters. The molecule has 3 nitrogen and oxygen atoms in total. The van der Waals surface area contributed by atoms with Gasteiger partial charge in [0.1, 0.15) is 0 Å². The molecule has 3 aliphatic heterocycles. The van der Waals surface area contributed by atoms with Gasteiger partial charge in [0.25, 0.3) is 0 Å². The largest absolute Gasteiger partial charge is 0.371 e. The van der Waals surface area contributed by atoms with Crippen LogP contribution >= 0.6 is 0 Å². The van der Waals surface area contributed by atoms with Crippen molar-refractivity contribution in [3.63, 3.8) is 0 Å². The fraction of sp³-hybridized carbons (Fsp3) is 0.727. The fourth-order valence-corrected chi connectivity index (χ4v) is 6.91. The monoisotopic (exact) mass is 338 g/mol. The SMILES string of the molecule is Cc1ccc2c(c1)[C@]13CCN(CC4CC4)[C@H](C2)[C@]12CC[C@@](N)(CO2)C3. The Morgan fingerprint density at radius 2 is 2.12 bits per heavy atom. The summed E-state index contributed by atoms with van der Waals surface area (Å²) < 4.78 is 6.79. The number of fused-ring (bicyclic) bond motifs is 3. The molecule has 134 valence electrons. The number of nitrogens with two attached hydrogens (primary N) is 1. The first kappa shape index (κ1) is 15.2. The number of nitrogens with zero attached hydrogens (tertiary/aromatic N) is 1. The first-order valence-electron chi connectivity index (χ1n) is 10.3. The van der Waals surface area contributed by atoms with Gasteiger partial charge in [-0.15, -0.1) is 0 Å². The standard InChI is InChI=1S/C22H30N2O/c1-15-2-5-17-11-19-22-7-6-20(23,14-25-22)13-21(22,18(17)10-15)8-9-24(19)12-16-3-4-16/h2,5,10,16,19H,3-4,6-9,11-14,23H2,1H3/t19-,20+,21-,22-/m1/s1. The third-order valence-corrected chi connectivity index (χ3v) is 8.26. The molecule has 0 aromatic heterocycles. The van der Waals surface area contributed by atoms with Crippen molar-refractivity contribution in [3.8, 4) is 0 Å². The van der Waals surface area contributed by atoms with E-state index in [4.69, 9.17) is 10.5 Å². The summed E-state index contributed by atoms with van der Waals surface area (Å²) in [4.78, 5) is 2.81. The highest BCUT2D eigenvalue weighted by Gasteiger charge is 2.70. The Kier molecular flexibility index (Phi) is 2.84. The minimum Gasteiger partial charge on any atom is -0.371 e. The third-order valence-electron chi connectivity index (χ3n) is 8.26. The summed E-state index contributed by atoms with van der Waals surface area (Å²) in [5.74, 6) is 0.948. The number of hydrogen-bond donors (Lipinski definition) is 1. The molecule has 7 rings (SSSR count). The molecule has 5 fully saturated rings. The zero-order valence-electron chi connectivity index (χ0n) is 15.4. The first-order valence-corrected chi connectivity index (χ1v) is 10.3. The fourth-order valence-electron chi connectivity index (χ4n) is 6.91. The predicted octanol–water partition coefficient (Wildman–Crippen LogP) is 2.92. The van der Waals surface area contributed by atoms with Crippen LogP contribution in [0.2, 0.25) is 0 Å². The van der Waals surface area contributed by atoms with Crippen molar-refractivity contribution in [2.24, 2.45) is 11.7 Å². The maximum atomic E-state index is 6.81. The zero-order valence-corrected chi connectivity index (χ0v) is 15.4. The van der Waals surface area contributed by atoms with Crippen LogP contribution in [0.4, 0.5) is 0 Å². The molecular weight excluding hydrogens is 308 g/mol. The number of piperidine rings is 1. The van der Waals surface area contributed by atoms with Crippen LogP contribution in [0, 0.1) is 12.8 Å². The summed E-state index contributed by atoms with van der Waals surface area (Å²) in [7, 11) is 0. The van der Waals surface area contributed by atoms with Crippen molar-refractivity contribution in [1.82, 2.24) is 4.90 Å². The summed E-state index contributed by atoms with van der Waals surface area (Å²) in [6.07, 6.45) is 8.69. The van der Waals surface area contributed by atoms with E-state index in [0.29, 0.717) is 6.04 Å². The number of hydrogen-bond acceptors (Lipinski definition) is 3. The smallest absolute Gasteiger partial charge is 0.0938 e.